The fourth-order valence-corrected chi connectivity index (χ4v) is 5.82. The zero-order valence-corrected chi connectivity index (χ0v) is 21.9. The van der Waals surface area contributed by atoms with Crippen molar-refractivity contribution >= 4 is 34.5 Å². The highest BCUT2D eigenvalue weighted by Gasteiger charge is 2.42. The number of hydrazine groups is 1. The van der Waals surface area contributed by atoms with Crippen molar-refractivity contribution in [3.05, 3.63) is 23.9 Å². The highest BCUT2D eigenvalue weighted by atomic mass is 16.5. The molecule has 0 saturated carbocycles. The number of piperidine rings is 1. The van der Waals surface area contributed by atoms with Crippen molar-refractivity contribution in [1.82, 2.24) is 25.7 Å². The number of rotatable bonds is 8. The lowest BCUT2D eigenvalue weighted by molar-refractivity contribution is -0.150. The van der Waals surface area contributed by atoms with E-state index in [-0.39, 0.29) is 24.3 Å². The SMILES string of the molecule is COC(=O)c1cnc2cc(NC3CC(C)NN3)nc(NC3C[C@H]4CC[C@@H](C3)N4CC(=O)OC(C)C)c2c1. The van der Waals surface area contributed by atoms with Gasteiger partial charge in [0.1, 0.15) is 11.6 Å². The molecule has 2 bridgehead atoms. The first-order chi connectivity index (χ1) is 17.8. The van der Waals surface area contributed by atoms with Crippen molar-refractivity contribution in [2.45, 2.75) is 89.3 Å². The molecule has 5 heterocycles. The molecule has 3 fully saturated rings. The number of esters is 2. The van der Waals surface area contributed by atoms with E-state index in [2.05, 4.69) is 38.3 Å². The van der Waals surface area contributed by atoms with Gasteiger partial charge in [-0.05, 0) is 58.9 Å². The zero-order chi connectivity index (χ0) is 26.1. The fourth-order valence-electron chi connectivity index (χ4n) is 5.82. The summed E-state index contributed by atoms with van der Waals surface area (Å²) in [4.78, 5) is 36.3. The lowest BCUT2D eigenvalue weighted by Gasteiger charge is -2.39. The predicted molar refractivity (Wildman–Crippen MR) is 140 cm³/mol. The molecule has 5 rings (SSSR count). The van der Waals surface area contributed by atoms with Crippen LogP contribution in [0.25, 0.3) is 10.9 Å². The maximum Gasteiger partial charge on any atom is 0.339 e. The van der Waals surface area contributed by atoms with Crippen LogP contribution in [0.1, 0.15) is 63.2 Å². The minimum atomic E-state index is -0.433. The normalized spacial score (nSPS) is 27.4. The van der Waals surface area contributed by atoms with Gasteiger partial charge in [-0.15, -0.1) is 0 Å². The number of pyridine rings is 2. The van der Waals surface area contributed by atoms with Crippen LogP contribution < -0.4 is 21.5 Å². The molecular formula is C26H37N7O4. The highest BCUT2D eigenvalue weighted by Crippen LogP contribution is 2.37. The van der Waals surface area contributed by atoms with Gasteiger partial charge in [-0.2, -0.15) is 0 Å². The standard InChI is InChI=1S/C26H37N7O4/c1-14(2)37-24(34)13-33-18-5-6-19(33)10-17(9-18)28-25-20-8-16(26(35)36-4)12-27-21(20)11-22(30-25)29-23-7-15(3)31-32-23/h8,11-12,14-15,17-19,23,31-32H,5-7,9-10,13H2,1-4H3,(H2,28,29,30)/t15?,17?,18-,19+,23?. The molecule has 2 aromatic heterocycles. The van der Waals surface area contributed by atoms with Crippen LogP contribution >= 0.6 is 0 Å². The quantitative estimate of drug-likeness (QED) is 0.390. The van der Waals surface area contributed by atoms with Crippen molar-refractivity contribution < 1.29 is 19.1 Å². The van der Waals surface area contributed by atoms with Crippen molar-refractivity contribution in [3.63, 3.8) is 0 Å². The Kier molecular flexibility index (Phi) is 7.45. The molecule has 2 aromatic rings. The lowest BCUT2D eigenvalue weighted by atomic mass is 9.97. The van der Waals surface area contributed by atoms with E-state index in [0.29, 0.717) is 41.9 Å². The molecule has 3 unspecified atom stereocenters. The van der Waals surface area contributed by atoms with Gasteiger partial charge in [0.05, 0.1) is 37.0 Å². The van der Waals surface area contributed by atoms with E-state index in [1.807, 2.05) is 19.9 Å². The first kappa shape index (κ1) is 25.6. The van der Waals surface area contributed by atoms with Gasteiger partial charge in [0.2, 0.25) is 0 Å². The summed E-state index contributed by atoms with van der Waals surface area (Å²) in [6, 6.07) is 4.88. The zero-order valence-electron chi connectivity index (χ0n) is 21.9. The highest BCUT2D eigenvalue weighted by molar-refractivity contribution is 5.98. The molecule has 3 aliphatic rings. The lowest BCUT2D eigenvalue weighted by Crippen LogP contribution is -2.49. The Morgan fingerprint density at radius 1 is 1.14 bits per heavy atom. The van der Waals surface area contributed by atoms with Gasteiger partial charge in [-0.1, -0.05) is 0 Å². The summed E-state index contributed by atoms with van der Waals surface area (Å²) in [6.45, 7) is 6.22. The van der Waals surface area contributed by atoms with Crippen LogP contribution in [0.5, 0.6) is 0 Å². The topological polar surface area (TPSA) is 130 Å². The van der Waals surface area contributed by atoms with Crippen LogP contribution in [-0.2, 0) is 14.3 Å². The average Bonchev–Trinajstić information content (AvgIpc) is 3.35. The summed E-state index contributed by atoms with van der Waals surface area (Å²) >= 11 is 0. The van der Waals surface area contributed by atoms with Crippen LogP contribution in [-0.4, -0.2) is 76.9 Å². The van der Waals surface area contributed by atoms with Crippen LogP contribution in [0, 0.1) is 0 Å². The van der Waals surface area contributed by atoms with Gasteiger partial charge in [-0.25, -0.2) is 15.2 Å². The third-order valence-corrected chi connectivity index (χ3v) is 7.42. The second-order valence-electron chi connectivity index (χ2n) is 10.7. The number of aromatic nitrogens is 2. The molecule has 0 radical (unpaired) electrons. The summed E-state index contributed by atoms with van der Waals surface area (Å²) in [7, 11) is 1.36. The molecule has 0 aliphatic carbocycles. The number of nitrogens with zero attached hydrogens (tertiary/aromatic N) is 3. The summed E-state index contributed by atoms with van der Waals surface area (Å²) < 4.78 is 10.3. The van der Waals surface area contributed by atoms with Crippen LogP contribution in [0.15, 0.2) is 18.3 Å². The Balaban J connectivity index is 1.37. The Hall–Kier alpha value is -3.02. The molecule has 200 valence electrons. The van der Waals surface area contributed by atoms with Crippen molar-refractivity contribution in [2.24, 2.45) is 0 Å². The number of hydrogen-bond acceptors (Lipinski definition) is 11. The summed E-state index contributed by atoms with van der Waals surface area (Å²) in [5, 5.41) is 7.89. The monoisotopic (exact) mass is 511 g/mol. The molecule has 3 saturated heterocycles. The number of methoxy groups -OCH3 is 1. The molecule has 0 spiro atoms. The minimum Gasteiger partial charge on any atom is -0.465 e. The third-order valence-electron chi connectivity index (χ3n) is 7.42. The second kappa shape index (κ2) is 10.8. The van der Waals surface area contributed by atoms with Gasteiger partial charge < -0.3 is 20.1 Å². The molecule has 3 aliphatic heterocycles. The van der Waals surface area contributed by atoms with Gasteiger partial charge in [0, 0.05) is 41.8 Å². The second-order valence-corrected chi connectivity index (χ2v) is 10.7. The van der Waals surface area contributed by atoms with Gasteiger partial charge in [-0.3, -0.25) is 20.1 Å². The Morgan fingerprint density at radius 3 is 2.54 bits per heavy atom. The Labute approximate surface area is 217 Å². The van der Waals surface area contributed by atoms with Crippen molar-refractivity contribution in [3.8, 4) is 0 Å². The van der Waals surface area contributed by atoms with Crippen LogP contribution in [0.2, 0.25) is 0 Å². The number of fused-ring (bicyclic) bond motifs is 3. The van der Waals surface area contributed by atoms with E-state index in [1.54, 1.807) is 6.07 Å². The Bertz CT molecular complexity index is 1150. The molecule has 37 heavy (non-hydrogen) atoms. The summed E-state index contributed by atoms with van der Waals surface area (Å²) in [6.07, 6.45) is 6.34. The van der Waals surface area contributed by atoms with Gasteiger partial charge >= 0.3 is 11.9 Å². The summed E-state index contributed by atoms with van der Waals surface area (Å²) in [5.74, 6) is 0.806. The van der Waals surface area contributed by atoms with Gasteiger partial charge in [0.25, 0.3) is 0 Å². The maximum atomic E-state index is 12.3. The largest absolute Gasteiger partial charge is 0.465 e. The van der Waals surface area contributed by atoms with Crippen LogP contribution in [0.4, 0.5) is 11.6 Å². The first-order valence-corrected chi connectivity index (χ1v) is 13.2. The average molecular weight is 512 g/mol. The van der Waals surface area contributed by atoms with E-state index >= 15 is 0 Å². The number of hydrogen-bond donors (Lipinski definition) is 4. The van der Waals surface area contributed by atoms with E-state index in [9.17, 15) is 9.59 Å². The van der Waals surface area contributed by atoms with Crippen LogP contribution in [0.3, 0.4) is 0 Å². The van der Waals surface area contributed by atoms with E-state index in [1.165, 1.54) is 13.3 Å². The first-order valence-electron chi connectivity index (χ1n) is 13.2. The van der Waals surface area contributed by atoms with E-state index < -0.39 is 5.97 Å². The number of ether oxygens (including phenoxy) is 2. The molecule has 11 heteroatoms. The molecule has 0 aromatic carbocycles. The third kappa shape index (κ3) is 5.78. The molecule has 0 amide bonds. The number of carbonyl (C=O) groups excluding carboxylic acids is 2. The molecule has 5 atom stereocenters. The maximum absolute atomic E-state index is 12.3. The fraction of sp³-hybridized carbons (Fsp3) is 0.615. The predicted octanol–water partition coefficient (Wildman–Crippen LogP) is 2.40. The molecule has 4 N–H and O–H groups in total. The van der Waals surface area contributed by atoms with E-state index in [4.69, 9.17) is 14.5 Å². The minimum absolute atomic E-state index is 0.0480. The van der Waals surface area contributed by atoms with Gasteiger partial charge in [0.15, 0.2) is 0 Å². The number of anilines is 2. The summed E-state index contributed by atoms with van der Waals surface area (Å²) in [5.41, 5.74) is 7.58. The van der Waals surface area contributed by atoms with Crippen molar-refractivity contribution in [2.75, 3.05) is 24.3 Å². The Morgan fingerprint density at radius 2 is 1.89 bits per heavy atom. The van der Waals surface area contributed by atoms with Crippen molar-refractivity contribution in [1.29, 1.82) is 0 Å². The smallest absolute Gasteiger partial charge is 0.339 e. The van der Waals surface area contributed by atoms with E-state index in [0.717, 1.165) is 43.0 Å². The molecular weight excluding hydrogens is 474 g/mol. The number of carbonyl (C=O) groups is 2. The number of nitrogens with one attached hydrogen (secondary N) is 4. The molecule has 11 nitrogen and oxygen atoms in total.